The predicted molar refractivity (Wildman–Crippen MR) is 172 cm³/mol. The first-order valence-electron chi connectivity index (χ1n) is 14.1. The van der Waals surface area contributed by atoms with Crippen LogP contribution in [0.3, 0.4) is 0 Å². The lowest BCUT2D eigenvalue weighted by Crippen LogP contribution is -2.28. The third-order valence-electron chi connectivity index (χ3n) is 7.31. The number of nitrogens with one attached hydrogen (secondary N) is 1. The highest BCUT2D eigenvalue weighted by Crippen LogP contribution is 2.34. The van der Waals surface area contributed by atoms with Crippen molar-refractivity contribution in [2.45, 2.75) is 31.1 Å². The molecule has 0 unspecified atom stereocenters. The highest BCUT2D eigenvalue weighted by atomic mass is 32.2. The quantitative estimate of drug-likeness (QED) is 0.183. The number of carbonyl (C=O) groups excluding carboxylic acids is 2. The molecule has 9 nitrogen and oxygen atoms in total. The molecule has 228 valence electrons. The third-order valence-corrected chi connectivity index (χ3v) is 9.10. The number of methoxy groups -OCH3 is 1. The van der Waals surface area contributed by atoms with E-state index >= 15 is 0 Å². The van der Waals surface area contributed by atoms with Gasteiger partial charge in [0, 0.05) is 12.1 Å². The number of amides is 2. The number of hydrogen-bond donors (Lipinski definition) is 1. The Kier molecular flexibility index (Phi) is 9.03. The molecule has 5 aromatic rings. The molecule has 0 radical (unpaired) electrons. The molecule has 0 bridgehead atoms. The number of ether oxygens (including phenoxy) is 1. The van der Waals surface area contributed by atoms with Gasteiger partial charge in [0.25, 0.3) is 11.8 Å². The van der Waals surface area contributed by atoms with Crippen molar-refractivity contribution in [3.63, 3.8) is 0 Å². The summed E-state index contributed by atoms with van der Waals surface area (Å²) in [5.41, 5.74) is 4.45. The molecule has 1 N–H and O–H groups in total. The Bertz CT molecular complexity index is 1820. The van der Waals surface area contributed by atoms with Gasteiger partial charge in [0.05, 0.1) is 36.0 Å². The first-order valence-corrected chi connectivity index (χ1v) is 16.0. The highest BCUT2D eigenvalue weighted by molar-refractivity contribution is 7.99. The van der Waals surface area contributed by atoms with Gasteiger partial charge in [-0.25, -0.2) is 9.40 Å². The fourth-order valence-electron chi connectivity index (χ4n) is 4.95. The van der Waals surface area contributed by atoms with Gasteiger partial charge in [0.15, 0.2) is 11.0 Å². The SMILES string of the molecule is COc1ccc(C2=NN(C(=O)CSc3nnc(CNC(=O)c4cccs4)n3-c3ccc(F)cc3)[C@H](c3ccc(C)cc3)C2)cc1. The Balaban J connectivity index is 1.24. The molecule has 45 heavy (non-hydrogen) atoms. The van der Waals surface area contributed by atoms with Crippen molar-refractivity contribution >= 4 is 40.6 Å². The van der Waals surface area contributed by atoms with Gasteiger partial charge in [-0.15, -0.1) is 21.5 Å². The summed E-state index contributed by atoms with van der Waals surface area (Å²) in [5, 5.41) is 20.1. The molecular weight excluding hydrogens is 612 g/mol. The molecule has 12 heteroatoms. The van der Waals surface area contributed by atoms with Crippen LogP contribution in [0.4, 0.5) is 4.39 Å². The Morgan fingerprint density at radius 3 is 2.47 bits per heavy atom. The second-order valence-corrected chi connectivity index (χ2v) is 12.2. The van der Waals surface area contributed by atoms with E-state index < -0.39 is 0 Å². The van der Waals surface area contributed by atoms with Crippen LogP contribution >= 0.6 is 23.1 Å². The number of carbonyl (C=O) groups is 2. The van der Waals surface area contributed by atoms with Gasteiger partial charge in [0.2, 0.25) is 0 Å². The maximum Gasteiger partial charge on any atom is 0.261 e. The number of rotatable bonds is 10. The molecule has 2 amide bonds. The van der Waals surface area contributed by atoms with Crippen LogP contribution in [-0.4, -0.2) is 50.2 Å². The van der Waals surface area contributed by atoms with Crippen molar-refractivity contribution in [1.82, 2.24) is 25.1 Å². The van der Waals surface area contributed by atoms with Crippen LogP contribution in [0.15, 0.2) is 101 Å². The van der Waals surface area contributed by atoms with Gasteiger partial charge in [-0.05, 0) is 78.0 Å². The van der Waals surface area contributed by atoms with Crippen molar-refractivity contribution in [3.8, 4) is 11.4 Å². The fourth-order valence-corrected chi connectivity index (χ4v) is 6.41. The Morgan fingerprint density at radius 1 is 1.02 bits per heavy atom. The lowest BCUT2D eigenvalue weighted by Gasteiger charge is -2.22. The van der Waals surface area contributed by atoms with Gasteiger partial charge in [-0.3, -0.25) is 14.2 Å². The van der Waals surface area contributed by atoms with Crippen molar-refractivity contribution < 1.29 is 18.7 Å². The zero-order valence-electron chi connectivity index (χ0n) is 24.5. The molecule has 1 atom stereocenters. The highest BCUT2D eigenvalue weighted by Gasteiger charge is 2.33. The minimum Gasteiger partial charge on any atom is -0.497 e. The largest absolute Gasteiger partial charge is 0.497 e. The first kappa shape index (κ1) is 30.2. The number of aromatic nitrogens is 3. The molecule has 0 saturated heterocycles. The summed E-state index contributed by atoms with van der Waals surface area (Å²) in [5.74, 6) is 0.404. The number of benzene rings is 3. The second-order valence-electron chi connectivity index (χ2n) is 10.3. The molecule has 3 heterocycles. The van der Waals surface area contributed by atoms with Crippen LogP contribution in [0.2, 0.25) is 0 Å². The minimum atomic E-state index is -0.384. The molecular formula is C33H29FN6O3S2. The number of hydrazone groups is 1. The van der Waals surface area contributed by atoms with E-state index in [4.69, 9.17) is 9.84 Å². The van der Waals surface area contributed by atoms with E-state index in [0.29, 0.717) is 28.0 Å². The van der Waals surface area contributed by atoms with Crippen LogP contribution in [0.25, 0.3) is 5.69 Å². The number of nitrogens with zero attached hydrogens (tertiary/aromatic N) is 5. The second kappa shape index (κ2) is 13.4. The molecule has 1 aliphatic heterocycles. The summed E-state index contributed by atoms with van der Waals surface area (Å²) >= 11 is 2.54. The van der Waals surface area contributed by atoms with Crippen LogP contribution in [0.1, 0.15) is 44.6 Å². The van der Waals surface area contributed by atoms with Gasteiger partial charge in [-0.1, -0.05) is 47.7 Å². The molecule has 0 saturated carbocycles. The number of aryl methyl sites for hydroxylation is 1. The van der Waals surface area contributed by atoms with E-state index in [0.717, 1.165) is 28.2 Å². The average Bonchev–Trinajstić information content (AvgIpc) is 3.84. The zero-order chi connectivity index (χ0) is 31.3. The summed E-state index contributed by atoms with van der Waals surface area (Å²) in [4.78, 5) is 27.0. The predicted octanol–water partition coefficient (Wildman–Crippen LogP) is 6.18. The molecule has 2 aromatic heterocycles. The lowest BCUT2D eigenvalue weighted by molar-refractivity contribution is -0.130. The maximum absolute atomic E-state index is 13.8. The van der Waals surface area contributed by atoms with Crippen LogP contribution in [0, 0.1) is 12.7 Å². The van der Waals surface area contributed by atoms with Crippen LogP contribution < -0.4 is 10.1 Å². The third kappa shape index (κ3) is 6.81. The smallest absolute Gasteiger partial charge is 0.261 e. The summed E-state index contributed by atoms with van der Waals surface area (Å²) in [6, 6.07) is 24.9. The van der Waals surface area contributed by atoms with Crippen LogP contribution in [-0.2, 0) is 11.3 Å². The lowest BCUT2D eigenvalue weighted by atomic mass is 9.97. The van der Waals surface area contributed by atoms with Gasteiger partial charge >= 0.3 is 0 Å². The maximum atomic E-state index is 13.8. The minimum absolute atomic E-state index is 0.0304. The number of hydrogen-bond acceptors (Lipinski definition) is 8. The Hall–Kier alpha value is -4.81. The zero-order valence-corrected chi connectivity index (χ0v) is 26.1. The first-order chi connectivity index (χ1) is 21.9. The molecule has 1 aliphatic rings. The topological polar surface area (TPSA) is 102 Å². The van der Waals surface area contributed by atoms with E-state index in [1.54, 1.807) is 41.0 Å². The van der Waals surface area contributed by atoms with E-state index in [2.05, 4.69) is 15.5 Å². The fraction of sp³-hybridized carbons (Fsp3) is 0.182. The molecule has 0 aliphatic carbocycles. The van der Waals surface area contributed by atoms with Crippen molar-refractivity contribution in [2.75, 3.05) is 12.9 Å². The van der Waals surface area contributed by atoms with Gasteiger partial charge in [0.1, 0.15) is 11.6 Å². The summed E-state index contributed by atoms with van der Waals surface area (Å²) in [7, 11) is 1.62. The van der Waals surface area contributed by atoms with Crippen molar-refractivity contribution in [1.29, 1.82) is 0 Å². The Morgan fingerprint density at radius 2 is 1.78 bits per heavy atom. The summed E-state index contributed by atoms with van der Waals surface area (Å²) in [6.45, 7) is 2.11. The number of halogens is 1. The van der Waals surface area contributed by atoms with E-state index in [9.17, 15) is 14.0 Å². The molecule has 0 fully saturated rings. The normalized spacial score (nSPS) is 14.3. The summed E-state index contributed by atoms with van der Waals surface area (Å²) in [6.07, 6.45) is 0.561. The van der Waals surface area contributed by atoms with Crippen LogP contribution in [0.5, 0.6) is 5.75 Å². The molecule has 0 spiro atoms. The monoisotopic (exact) mass is 640 g/mol. The van der Waals surface area contributed by atoms with Crippen molar-refractivity contribution in [3.05, 3.63) is 124 Å². The molecule has 6 rings (SSSR count). The molecule has 3 aromatic carbocycles. The van der Waals surface area contributed by atoms with Crippen molar-refractivity contribution in [2.24, 2.45) is 5.10 Å². The van der Waals surface area contributed by atoms with E-state index in [1.807, 2.05) is 60.8 Å². The number of thioether (sulfide) groups is 1. The van der Waals surface area contributed by atoms with Gasteiger partial charge < -0.3 is 10.1 Å². The van der Waals surface area contributed by atoms with Gasteiger partial charge in [-0.2, -0.15) is 5.10 Å². The Labute approximate surface area is 267 Å². The standard InChI is InChI=1S/C33H29FN6O3S2/c1-21-5-7-23(8-6-21)28-18-27(22-9-15-26(43-2)16-10-22)38-40(28)31(41)20-45-33-37-36-30(19-35-32(42)29-4-3-17-44-29)39(33)25-13-11-24(34)12-14-25/h3-17,28H,18-20H2,1-2H3,(H,35,42)/t28-/m0/s1. The summed E-state index contributed by atoms with van der Waals surface area (Å²) < 4.78 is 20.8. The average molecular weight is 641 g/mol. The number of thiophene rings is 1. The van der Waals surface area contributed by atoms with E-state index in [-0.39, 0.29) is 36.0 Å². The van der Waals surface area contributed by atoms with E-state index in [1.165, 1.54) is 35.2 Å².